The van der Waals surface area contributed by atoms with E-state index in [1.165, 1.54) is 5.39 Å². The van der Waals surface area contributed by atoms with Gasteiger partial charge in [0.15, 0.2) is 0 Å². The lowest BCUT2D eigenvalue weighted by molar-refractivity contribution is -0.139. The average Bonchev–Trinajstić information content (AvgIpc) is 2.97. The van der Waals surface area contributed by atoms with Gasteiger partial charge in [0.25, 0.3) is 0 Å². The molecule has 0 aliphatic carbocycles. The number of nitrogens with two attached hydrogens (primary N) is 1. The molecule has 4 heteroatoms. The first-order valence-corrected chi connectivity index (χ1v) is 8.21. The quantitative estimate of drug-likeness (QED) is 0.914. The molecule has 3 N–H and O–H groups in total. The third-order valence-corrected chi connectivity index (χ3v) is 4.87. The van der Waals surface area contributed by atoms with E-state index in [9.17, 15) is 4.79 Å². The molecule has 1 aromatic carbocycles. The highest BCUT2D eigenvalue weighted by Gasteiger charge is 2.32. The Hall–Kier alpha value is -1.81. The number of para-hydroxylation sites is 1. The Kier molecular flexibility index (Phi) is 4.21. The normalized spacial score (nSPS) is 21.8. The summed E-state index contributed by atoms with van der Waals surface area (Å²) in [5.74, 6) is 0.0448. The molecule has 0 spiro atoms. The van der Waals surface area contributed by atoms with Crippen molar-refractivity contribution in [1.82, 2.24) is 9.88 Å². The summed E-state index contributed by atoms with van der Waals surface area (Å²) in [4.78, 5) is 18.3. The second kappa shape index (κ2) is 6.13. The SMILES string of the molecule is CC(N)C(C)C(=O)N1CCCCC1c1cc2ccccc2[nH]1. The smallest absolute Gasteiger partial charge is 0.227 e. The number of aromatic amines is 1. The summed E-state index contributed by atoms with van der Waals surface area (Å²) in [6.07, 6.45) is 3.26. The van der Waals surface area contributed by atoms with Crippen LogP contribution in [0.5, 0.6) is 0 Å². The molecule has 2 heterocycles. The van der Waals surface area contributed by atoms with Crippen LogP contribution in [-0.4, -0.2) is 28.4 Å². The molecule has 1 aliphatic rings. The van der Waals surface area contributed by atoms with E-state index in [0.29, 0.717) is 0 Å². The number of nitrogens with zero attached hydrogens (tertiary/aromatic N) is 1. The van der Waals surface area contributed by atoms with Gasteiger partial charge in [0.1, 0.15) is 0 Å². The predicted octanol–water partition coefficient (Wildman–Crippen LogP) is 3.20. The molecule has 0 radical (unpaired) electrons. The van der Waals surface area contributed by atoms with Gasteiger partial charge in [-0.25, -0.2) is 0 Å². The Morgan fingerprint density at radius 3 is 2.82 bits per heavy atom. The number of piperidine rings is 1. The van der Waals surface area contributed by atoms with Crippen LogP contribution in [0.4, 0.5) is 0 Å². The molecule has 118 valence electrons. The Morgan fingerprint density at radius 2 is 2.09 bits per heavy atom. The maximum atomic E-state index is 12.8. The summed E-state index contributed by atoms with van der Waals surface area (Å²) in [6, 6.07) is 10.5. The summed E-state index contributed by atoms with van der Waals surface area (Å²) in [7, 11) is 0. The van der Waals surface area contributed by atoms with Crippen LogP contribution in [0, 0.1) is 5.92 Å². The number of carbonyl (C=O) groups excluding carboxylic acids is 1. The van der Waals surface area contributed by atoms with Crippen LogP contribution in [0.2, 0.25) is 0 Å². The molecule has 22 heavy (non-hydrogen) atoms. The van der Waals surface area contributed by atoms with E-state index >= 15 is 0 Å². The molecule has 1 aromatic heterocycles. The Balaban J connectivity index is 1.90. The van der Waals surface area contributed by atoms with Gasteiger partial charge in [-0.1, -0.05) is 25.1 Å². The van der Waals surface area contributed by atoms with E-state index < -0.39 is 0 Å². The lowest BCUT2D eigenvalue weighted by Crippen LogP contribution is -2.45. The fraction of sp³-hybridized carbons (Fsp3) is 0.500. The van der Waals surface area contributed by atoms with Crippen molar-refractivity contribution in [2.45, 2.75) is 45.2 Å². The molecule has 1 saturated heterocycles. The standard InChI is InChI=1S/C18H25N3O/c1-12(13(2)19)18(22)21-10-6-5-9-17(21)16-11-14-7-3-4-8-15(14)20-16/h3-4,7-8,11-13,17,20H,5-6,9-10,19H2,1-2H3. The minimum absolute atomic E-state index is 0.113. The van der Waals surface area contributed by atoms with Crippen molar-refractivity contribution in [3.05, 3.63) is 36.0 Å². The molecular weight excluding hydrogens is 274 g/mol. The number of amides is 1. The lowest BCUT2D eigenvalue weighted by Gasteiger charge is -2.37. The van der Waals surface area contributed by atoms with E-state index in [-0.39, 0.29) is 23.9 Å². The third-order valence-electron chi connectivity index (χ3n) is 4.87. The van der Waals surface area contributed by atoms with Crippen molar-refractivity contribution in [2.75, 3.05) is 6.54 Å². The summed E-state index contributed by atoms with van der Waals surface area (Å²) < 4.78 is 0. The first-order valence-electron chi connectivity index (χ1n) is 8.21. The Bertz CT molecular complexity index is 628. The molecule has 1 fully saturated rings. The van der Waals surface area contributed by atoms with Crippen molar-refractivity contribution in [1.29, 1.82) is 0 Å². The van der Waals surface area contributed by atoms with E-state index in [1.807, 2.05) is 30.9 Å². The predicted molar refractivity (Wildman–Crippen MR) is 89.4 cm³/mol. The monoisotopic (exact) mass is 299 g/mol. The molecule has 0 saturated carbocycles. The van der Waals surface area contributed by atoms with Crippen LogP contribution in [0.3, 0.4) is 0 Å². The lowest BCUT2D eigenvalue weighted by atomic mass is 9.95. The second-order valence-corrected chi connectivity index (χ2v) is 6.50. The van der Waals surface area contributed by atoms with E-state index in [1.54, 1.807) is 0 Å². The van der Waals surface area contributed by atoms with Crippen molar-refractivity contribution < 1.29 is 4.79 Å². The highest BCUT2D eigenvalue weighted by molar-refractivity contribution is 5.82. The van der Waals surface area contributed by atoms with Gasteiger partial charge in [-0.15, -0.1) is 0 Å². The number of hydrogen-bond donors (Lipinski definition) is 2. The Morgan fingerprint density at radius 1 is 1.32 bits per heavy atom. The van der Waals surface area contributed by atoms with Gasteiger partial charge in [-0.2, -0.15) is 0 Å². The van der Waals surface area contributed by atoms with Crippen LogP contribution in [0.1, 0.15) is 44.8 Å². The number of hydrogen-bond acceptors (Lipinski definition) is 2. The van der Waals surface area contributed by atoms with Gasteiger partial charge >= 0.3 is 0 Å². The van der Waals surface area contributed by atoms with E-state index in [4.69, 9.17) is 5.73 Å². The maximum Gasteiger partial charge on any atom is 0.227 e. The van der Waals surface area contributed by atoms with Gasteiger partial charge in [-0.05, 0) is 43.7 Å². The molecule has 3 unspecified atom stereocenters. The fourth-order valence-electron chi connectivity index (χ4n) is 3.28. The number of likely N-dealkylation sites (tertiary alicyclic amines) is 1. The molecule has 1 amide bonds. The summed E-state index contributed by atoms with van der Waals surface area (Å²) in [5, 5.41) is 1.20. The number of benzene rings is 1. The van der Waals surface area contributed by atoms with Gasteiger partial charge in [0, 0.05) is 23.8 Å². The zero-order valence-electron chi connectivity index (χ0n) is 13.4. The van der Waals surface area contributed by atoms with Crippen LogP contribution < -0.4 is 5.73 Å². The van der Waals surface area contributed by atoms with Crippen molar-refractivity contribution in [2.24, 2.45) is 11.7 Å². The number of fused-ring (bicyclic) bond motifs is 1. The third kappa shape index (κ3) is 2.75. The molecule has 4 nitrogen and oxygen atoms in total. The number of nitrogens with one attached hydrogen (secondary N) is 1. The Labute approximate surface area is 131 Å². The highest BCUT2D eigenvalue weighted by Crippen LogP contribution is 2.33. The number of rotatable bonds is 3. The zero-order chi connectivity index (χ0) is 15.7. The highest BCUT2D eigenvalue weighted by atomic mass is 16.2. The molecule has 0 bridgehead atoms. The zero-order valence-corrected chi connectivity index (χ0v) is 13.4. The van der Waals surface area contributed by atoms with Crippen LogP contribution in [-0.2, 0) is 4.79 Å². The largest absolute Gasteiger partial charge is 0.357 e. The van der Waals surface area contributed by atoms with Gasteiger partial charge in [0.05, 0.1) is 12.0 Å². The number of H-pyrrole nitrogens is 1. The maximum absolute atomic E-state index is 12.8. The molecule has 1 aliphatic heterocycles. The summed E-state index contributed by atoms with van der Waals surface area (Å²) in [5.41, 5.74) is 8.21. The molecule has 3 rings (SSSR count). The van der Waals surface area contributed by atoms with Crippen LogP contribution in [0.15, 0.2) is 30.3 Å². The first kappa shape index (κ1) is 15.1. The number of carbonyl (C=O) groups is 1. The van der Waals surface area contributed by atoms with E-state index in [2.05, 4.69) is 23.2 Å². The topological polar surface area (TPSA) is 62.1 Å². The molecule has 2 aromatic rings. The van der Waals surface area contributed by atoms with Crippen molar-refractivity contribution in [3.8, 4) is 0 Å². The summed E-state index contributed by atoms with van der Waals surface area (Å²) in [6.45, 7) is 4.67. The van der Waals surface area contributed by atoms with E-state index in [0.717, 1.165) is 37.0 Å². The van der Waals surface area contributed by atoms with Crippen LogP contribution in [0.25, 0.3) is 10.9 Å². The summed E-state index contributed by atoms with van der Waals surface area (Å²) >= 11 is 0. The first-order chi connectivity index (χ1) is 10.6. The molecule has 3 atom stereocenters. The second-order valence-electron chi connectivity index (χ2n) is 6.50. The minimum atomic E-state index is -0.134. The van der Waals surface area contributed by atoms with Gasteiger partial charge in [-0.3, -0.25) is 4.79 Å². The van der Waals surface area contributed by atoms with Crippen molar-refractivity contribution in [3.63, 3.8) is 0 Å². The minimum Gasteiger partial charge on any atom is -0.357 e. The number of aromatic nitrogens is 1. The van der Waals surface area contributed by atoms with Crippen LogP contribution >= 0.6 is 0 Å². The van der Waals surface area contributed by atoms with Crippen molar-refractivity contribution >= 4 is 16.8 Å². The van der Waals surface area contributed by atoms with Gasteiger partial charge in [0.2, 0.25) is 5.91 Å². The van der Waals surface area contributed by atoms with Gasteiger partial charge < -0.3 is 15.6 Å². The fourth-order valence-corrected chi connectivity index (χ4v) is 3.28. The average molecular weight is 299 g/mol. The molecular formula is C18H25N3O.